The fraction of sp³-hybridized carbons (Fsp3) is 0.423. The Morgan fingerprint density at radius 1 is 0.921 bits per heavy atom. The zero-order valence-corrected chi connectivity index (χ0v) is 22.5. The van der Waals surface area contributed by atoms with Crippen molar-refractivity contribution in [1.82, 2.24) is 24.0 Å². The molecule has 0 radical (unpaired) electrons. The number of carbonyl (C=O) groups excluding carboxylic acids is 1. The molecule has 1 amide bonds. The van der Waals surface area contributed by atoms with E-state index in [2.05, 4.69) is 19.9 Å². The summed E-state index contributed by atoms with van der Waals surface area (Å²) < 4.78 is 35.9. The van der Waals surface area contributed by atoms with Gasteiger partial charge in [0.2, 0.25) is 5.03 Å². The van der Waals surface area contributed by atoms with Gasteiger partial charge >= 0.3 is 0 Å². The molecule has 3 aromatic rings. The van der Waals surface area contributed by atoms with Crippen molar-refractivity contribution >= 4 is 27.4 Å². The fourth-order valence-electron chi connectivity index (χ4n) is 4.94. The molecule has 0 atom stereocenters. The van der Waals surface area contributed by atoms with Gasteiger partial charge in [-0.3, -0.25) is 9.48 Å². The number of amides is 1. The number of hydrogen-bond donors (Lipinski definition) is 0. The normalized spacial score (nSPS) is 17.1. The highest BCUT2D eigenvalue weighted by Gasteiger charge is 2.36. The molecule has 0 aliphatic carbocycles. The summed E-state index contributed by atoms with van der Waals surface area (Å²) in [7, 11) is -2.32. The van der Waals surface area contributed by atoms with E-state index >= 15 is 0 Å². The molecule has 1 aromatic carbocycles. The number of rotatable bonds is 7. The van der Waals surface area contributed by atoms with Crippen LogP contribution >= 0.6 is 0 Å². The molecule has 2 aliphatic heterocycles. The molecule has 0 N–H and O–H groups in total. The maximum absolute atomic E-state index is 13.7. The van der Waals surface area contributed by atoms with Crippen LogP contribution < -0.4 is 14.5 Å². The van der Waals surface area contributed by atoms with Crippen LogP contribution in [-0.4, -0.2) is 97.3 Å². The van der Waals surface area contributed by atoms with Gasteiger partial charge in [0.05, 0.1) is 17.9 Å². The van der Waals surface area contributed by atoms with Crippen LogP contribution in [0.5, 0.6) is 5.75 Å². The molecule has 2 aromatic heterocycles. The lowest BCUT2D eigenvalue weighted by Gasteiger charge is -2.36. The zero-order chi connectivity index (χ0) is 26.7. The Kier molecular flexibility index (Phi) is 7.52. The molecule has 202 valence electrons. The number of carbonyl (C=O) groups is 1. The number of nitrogens with zero attached hydrogens (tertiary/aromatic N) is 7. The van der Waals surface area contributed by atoms with Crippen LogP contribution in [0.4, 0.5) is 11.5 Å². The highest BCUT2D eigenvalue weighted by atomic mass is 32.2. The van der Waals surface area contributed by atoms with Gasteiger partial charge in [0.25, 0.3) is 15.9 Å². The van der Waals surface area contributed by atoms with Gasteiger partial charge in [-0.05, 0) is 31.2 Å². The highest BCUT2D eigenvalue weighted by Crippen LogP contribution is 2.30. The van der Waals surface area contributed by atoms with Crippen molar-refractivity contribution in [1.29, 1.82) is 0 Å². The molecule has 0 bridgehead atoms. The standard InChI is InChI=1S/C26H33N7O4S/c1-3-37-23-9-5-4-8-22(23)30-16-18-33(19-17-30)38(35,36)25-21(20-29(2)28-25)26(34)32-14-12-31(13-15-32)24-10-6-7-11-27-24/h4-11,20H,3,12-19H2,1-2H3. The minimum absolute atomic E-state index is 0.114. The second-order valence-electron chi connectivity index (χ2n) is 9.28. The number of aromatic nitrogens is 3. The number of sulfonamides is 1. The van der Waals surface area contributed by atoms with E-state index < -0.39 is 10.0 Å². The van der Waals surface area contributed by atoms with E-state index in [4.69, 9.17) is 4.74 Å². The zero-order valence-electron chi connectivity index (χ0n) is 21.7. The molecule has 38 heavy (non-hydrogen) atoms. The van der Waals surface area contributed by atoms with Gasteiger partial charge in [0, 0.05) is 71.8 Å². The number of hydrogen-bond acceptors (Lipinski definition) is 8. The molecule has 4 heterocycles. The van der Waals surface area contributed by atoms with E-state index in [0.717, 1.165) is 17.3 Å². The summed E-state index contributed by atoms with van der Waals surface area (Å²) in [4.78, 5) is 23.8. The number of pyridine rings is 1. The van der Waals surface area contributed by atoms with Gasteiger partial charge in [-0.1, -0.05) is 18.2 Å². The molecule has 2 aliphatic rings. The smallest absolute Gasteiger partial charge is 0.263 e. The first kappa shape index (κ1) is 26.0. The Balaban J connectivity index is 1.28. The van der Waals surface area contributed by atoms with Crippen molar-refractivity contribution in [3.05, 3.63) is 60.4 Å². The van der Waals surface area contributed by atoms with Gasteiger partial charge < -0.3 is 19.4 Å². The van der Waals surface area contributed by atoms with E-state index in [-0.39, 0.29) is 29.6 Å². The van der Waals surface area contributed by atoms with Crippen molar-refractivity contribution in [2.75, 3.05) is 68.8 Å². The lowest BCUT2D eigenvalue weighted by Crippen LogP contribution is -2.50. The minimum atomic E-state index is -3.96. The Bertz CT molecular complexity index is 1360. The first-order valence-electron chi connectivity index (χ1n) is 12.8. The van der Waals surface area contributed by atoms with Crippen molar-refractivity contribution in [3.63, 3.8) is 0 Å². The molecule has 2 saturated heterocycles. The summed E-state index contributed by atoms with van der Waals surface area (Å²) in [6, 6.07) is 13.5. The predicted octanol–water partition coefficient (Wildman–Crippen LogP) is 1.69. The number of para-hydroxylation sites is 2. The maximum atomic E-state index is 13.7. The topological polar surface area (TPSA) is 104 Å². The summed E-state index contributed by atoms with van der Waals surface area (Å²) in [6.45, 7) is 6.28. The fourth-order valence-corrected chi connectivity index (χ4v) is 6.48. The third-order valence-corrected chi connectivity index (χ3v) is 8.73. The van der Waals surface area contributed by atoms with E-state index in [1.165, 1.54) is 15.2 Å². The number of benzene rings is 1. The maximum Gasteiger partial charge on any atom is 0.263 e. The lowest BCUT2D eigenvalue weighted by molar-refractivity contribution is 0.0742. The highest BCUT2D eigenvalue weighted by molar-refractivity contribution is 7.89. The van der Waals surface area contributed by atoms with Gasteiger partial charge in [-0.15, -0.1) is 0 Å². The van der Waals surface area contributed by atoms with Crippen LogP contribution in [0, 0.1) is 0 Å². The van der Waals surface area contributed by atoms with Gasteiger partial charge in [0.15, 0.2) is 0 Å². The van der Waals surface area contributed by atoms with E-state index in [0.29, 0.717) is 45.9 Å². The second kappa shape index (κ2) is 11.0. The Labute approximate surface area is 223 Å². The Morgan fingerprint density at radius 2 is 1.61 bits per heavy atom. The molecule has 11 nitrogen and oxygen atoms in total. The van der Waals surface area contributed by atoms with E-state index in [1.807, 2.05) is 49.4 Å². The molecule has 12 heteroatoms. The predicted molar refractivity (Wildman–Crippen MR) is 144 cm³/mol. The summed E-state index contributed by atoms with van der Waals surface area (Å²) in [5, 5.41) is 4.06. The summed E-state index contributed by atoms with van der Waals surface area (Å²) in [5.41, 5.74) is 1.06. The molecular weight excluding hydrogens is 506 g/mol. The van der Waals surface area contributed by atoms with Crippen LogP contribution in [0.15, 0.2) is 59.9 Å². The SMILES string of the molecule is CCOc1ccccc1N1CCN(S(=O)(=O)c2nn(C)cc2C(=O)N2CCN(c3ccccn3)CC2)CC1. The van der Waals surface area contributed by atoms with Crippen molar-refractivity contribution in [2.24, 2.45) is 7.05 Å². The van der Waals surface area contributed by atoms with Crippen LogP contribution in [0.1, 0.15) is 17.3 Å². The minimum Gasteiger partial charge on any atom is -0.492 e. The number of aryl methyl sites for hydroxylation is 1. The van der Waals surface area contributed by atoms with Crippen LogP contribution in [0.25, 0.3) is 0 Å². The van der Waals surface area contributed by atoms with Crippen LogP contribution in [-0.2, 0) is 17.1 Å². The molecule has 0 unspecified atom stereocenters. The molecular formula is C26H33N7O4S. The number of piperazine rings is 2. The third kappa shape index (κ3) is 5.18. The van der Waals surface area contributed by atoms with Gasteiger partial charge in [-0.25, -0.2) is 13.4 Å². The van der Waals surface area contributed by atoms with Crippen LogP contribution in [0.2, 0.25) is 0 Å². The van der Waals surface area contributed by atoms with E-state index in [1.54, 1.807) is 18.1 Å². The van der Waals surface area contributed by atoms with Gasteiger partial charge in [0.1, 0.15) is 11.6 Å². The average Bonchev–Trinajstić information content (AvgIpc) is 3.36. The van der Waals surface area contributed by atoms with Crippen LogP contribution in [0.3, 0.4) is 0 Å². The number of ether oxygens (including phenoxy) is 1. The second-order valence-corrected chi connectivity index (χ2v) is 11.1. The Morgan fingerprint density at radius 3 is 2.29 bits per heavy atom. The monoisotopic (exact) mass is 539 g/mol. The quantitative estimate of drug-likeness (QED) is 0.447. The lowest BCUT2D eigenvalue weighted by atomic mass is 10.2. The van der Waals surface area contributed by atoms with Crippen molar-refractivity contribution in [3.8, 4) is 5.75 Å². The van der Waals surface area contributed by atoms with E-state index in [9.17, 15) is 13.2 Å². The average molecular weight is 540 g/mol. The Hall–Kier alpha value is -3.64. The number of anilines is 2. The first-order chi connectivity index (χ1) is 18.4. The largest absolute Gasteiger partial charge is 0.492 e. The summed E-state index contributed by atoms with van der Waals surface area (Å²) >= 11 is 0. The van der Waals surface area contributed by atoms with Gasteiger partial charge in [-0.2, -0.15) is 9.40 Å². The first-order valence-corrected chi connectivity index (χ1v) is 14.3. The van der Waals surface area contributed by atoms with Crippen molar-refractivity contribution < 1.29 is 17.9 Å². The summed E-state index contributed by atoms with van der Waals surface area (Å²) in [5.74, 6) is 1.33. The van der Waals surface area contributed by atoms with Crippen molar-refractivity contribution in [2.45, 2.75) is 11.9 Å². The molecule has 5 rings (SSSR count). The molecule has 0 spiro atoms. The molecule has 2 fully saturated rings. The summed E-state index contributed by atoms with van der Waals surface area (Å²) in [6.07, 6.45) is 3.26. The third-order valence-electron chi connectivity index (χ3n) is 6.89. The molecule has 0 saturated carbocycles.